The molecule has 0 aliphatic heterocycles. The average Bonchev–Trinajstić information content (AvgIpc) is 3.23. The molecule has 7 heteroatoms. The number of thiophene rings is 1. The molecule has 5 nitrogen and oxygen atoms in total. The smallest absolute Gasteiger partial charge is 0.247 e. The number of carbonyl (C=O) groups excluding carboxylic acids is 1. The number of rotatable bonds is 5. The second-order valence-corrected chi connectivity index (χ2v) is 6.75. The van der Waals surface area contributed by atoms with Crippen molar-refractivity contribution >= 4 is 35.1 Å². The third kappa shape index (κ3) is 3.32. The van der Waals surface area contributed by atoms with Crippen molar-refractivity contribution in [1.82, 2.24) is 14.8 Å². The van der Waals surface area contributed by atoms with Crippen LogP contribution in [-0.2, 0) is 11.2 Å². The van der Waals surface area contributed by atoms with E-state index in [0.29, 0.717) is 10.6 Å². The third-order valence-corrected chi connectivity index (χ3v) is 4.97. The highest BCUT2D eigenvalue weighted by Crippen LogP contribution is 2.26. The number of H-pyrrole nitrogens is 1. The Hall–Kier alpha value is -2.25. The van der Waals surface area contributed by atoms with Crippen molar-refractivity contribution in [3.8, 4) is 10.7 Å². The second kappa shape index (κ2) is 7.11. The number of amides is 1. The SMILES string of the molecule is CCc1cccc(NC(=O)[C@H](C)n2c(-c3cccs3)n[nH]c2=S)c1. The summed E-state index contributed by atoms with van der Waals surface area (Å²) >= 11 is 6.88. The van der Waals surface area contributed by atoms with E-state index in [0.717, 1.165) is 17.0 Å². The Labute approximate surface area is 149 Å². The molecular formula is C17H18N4OS2. The van der Waals surface area contributed by atoms with Crippen LogP contribution in [0.2, 0.25) is 0 Å². The van der Waals surface area contributed by atoms with E-state index in [4.69, 9.17) is 12.2 Å². The molecule has 0 spiro atoms. The summed E-state index contributed by atoms with van der Waals surface area (Å²) in [5.74, 6) is 0.554. The average molecular weight is 358 g/mol. The number of anilines is 1. The Balaban J connectivity index is 1.86. The van der Waals surface area contributed by atoms with Gasteiger partial charge in [-0.3, -0.25) is 14.5 Å². The quantitative estimate of drug-likeness (QED) is 0.663. The first kappa shape index (κ1) is 16.6. The van der Waals surface area contributed by atoms with Crippen LogP contribution in [0, 0.1) is 4.77 Å². The fraction of sp³-hybridized carbons (Fsp3) is 0.235. The fourth-order valence-electron chi connectivity index (χ4n) is 2.48. The van der Waals surface area contributed by atoms with Gasteiger partial charge in [0, 0.05) is 5.69 Å². The van der Waals surface area contributed by atoms with E-state index in [1.54, 1.807) is 15.9 Å². The van der Waals surface area contributed by atoms with Crippen LogP contribution in [0.15, 0.2) is 41.8 Å². The van der Waals surface area contributed by atoms with Crippen molar-refractivity contribution in [3.05, 3.63) is 52.1 Å². The van der Waals surface area contributed by atoms with Crippen LogP contribution in [0.3, 0.4) is 0 Å². The van der Waals surface area contributed by atoms with Gasteiger partial charge < -0.3 is 5.32 Å². The van der Waals surface area contributed by atoms with Gasteiger partial charge in [0.05, 0.1) is 4.88 Å². The minimum atomic E-state index is -0.473. The molecule has 0 fully saturated rings. The molecule has 1 aromatic carbocycles. The molecule has 3 aromatic rings. The number of hydrogen-bond acceptors (Lipinski definition) is 4. The highest BCUT2D eigenvalue weighted by atomic mass is 32.1. The Morgan fingerprint density at radius 3 is 2.96 bits per heavy atom. The van der Waals surface area contributed by atoms with E-state index in [9.17, 15) is 4.79 Å². The standard InChI is InChI=1S/C17H18N4OS2/c1-3-12-6-4-7-13(10-12)18-16(22)11(2)21-15(19-20-17(21)23)14-8-5-9-24-14/h4-11H,3H2,1-2H3,(H,18,22)(H,20,23)/t11-/m0/s1. The molecule has 124 valence electrons. The maximum atomic E-state index is 12.7. The van der Waals surface area contributed by atoms with Crippen molar-refractivity contribution in [2.75, 3.05) is 5.32 Å². The minimum Gasteiger partial charge on any atom is -0.324 e. The van der Waals surface area contributed by atoms with Crippen molar-refractivity contribution in [2.24, 2.45) is 0 Å². The molecule has 3 rings (SSSR count). The number of nitrogens with zero attached hydrogens (tertiary/aromatic N) is 2. The number of aryl methyl sites for hydroxylation is 1. The first-order valence-corrected chi connectivity index (χ1v) is 8.99. The van der Waals surface area contributed by atoms with Gasteiger partial charge in [0.2, 0.25) is 5.91 Å². The predicted molar refractivity (Wildman–Crippen MR) is 99.9 cm³/mol. The predicted octanol–water partition coefficient (Wildman–Crippen LogP) is 4.43. The van der Waals surface area contributed by atoms with Gasteiger partial charge in [-0.1, -0.05) is 25.1 Å². The zero-order valence-corrected chi connectivity index (χ0v) is 15.1. The van der Waals surface area contributed by atoms with Gasteiger partial charge in [0.15, 0.2) is 10.6 Å². The molecule has 1 amide bonds. The third-order valence-electron chi connectivity index (χ3n) is 3.82. The summed E-state index contributed by atoms with van der Waals surface area (Å²) < 4.78 is 2.18. The summed E-state index contributed by atoms with van der Waals surface area (Å²) in [6.45, 7) is 3.91. The summed E-state index contributed by atoms with van der Waals surface area (Å²) in [5, 5.41) is 12.0. The minimum absolute atomic E-state index is 0.126. The Bertz CT molecular complexity index is 895. The molecule has 1 atom stereocenters. The van der Waals surface area contributed by atoms with E-state index in [2.05, 4.69) is 22.4 Å². The highest BCUT2D eigenvalue weighted by molar-refractivity contribution is 7.71. The number of hydrogen-bond donors (Lipinski definition) is 2. The highest BCUT2D eigenvalue weighted by Gasteiger charge is 2.21. The van der Waals surface area contributed by atoms with Gasteiger partial charge in [-0.15, -0.1) is 11.3 Å². The zero-order chi connectivity index (χ0) is 17.1. The lowest BCUT2D eigenvalue weighted by molar-refractivity contribution is -0.118. The van der Waals surface area contributed by atoms with Crippen LogP contribution in [0.1, 0.15) is 25.5 Å². The zero-order valence-electron chi connectivity index (χ0n) is 13.4. The largest absolute Gasteiger partial charge is 0.324 e. The Morgan fingerprint density at radius 2 is 2.25 bits per heavy atom. The molecule has 0 saturated heterocycles. The van der Waals surface area contributed by atoms with Crippen molar-refractivity contribution in [3.63, 3.8) is 0 Å². The maximum absolute atomic E-state index is 12.7. The molecule has 0 unspecified atom stereocenters. The molecule has 24 heavy (non-hydrogen) atoms. The number of carbonyl (C=O) groups is 1. The lowest BCUT2D eigenvalue weighted by Crippen LogP contribution is -2.24. The van der Waals surface area contributed by atoms with Gasteiger partial charge in [-0.05, 0) is 54.7 Å². The van der Waals surface area contributed by atoms with E-state index in [1.807, 2.05) is 48.7 Å². The lowest BCUT2D eigenvalue weighted by atomic mass is 10.1. The number of aromatic nitrogens is 3. The van der Waals surface area contributed by atoms with E-state index >= 15 is 0 Å². The van der Waals surface area contributed by atoms with E-state index in [1.165, 1.54) is 5.56 Å². The van der Waals surface area contributed by atoms with Crippen molar-refractivity contribution in [1.29, 1.82) is 0 Å². The molecule has 0 bridgehead atoms. The number of aromatic amines is 1. The van der Waals surface area contributed by atoms with Gasteiger partial charge >= 0.3 is 0 Å². The number of benzene rings is 1. The van der Waals surface area contributed by atoms with E-state index < -0.39 is 6.04 Å². The molecule has 2 heterocycles. The van der Waals surface area contributed by atoms with Crippen LogP contribution >= 0.6 is 23.6 Å². The van der Waals surface area contributed by atoms with Gasteiger partial charge in [0.25, 0.3) is 0 Å². The summed E-state index contributed by atoms with van der Waals surface area (Å²) in [6, 6.07) is 11.3. The molecule has 0 saturated carbocycles. The topological polar surface area (TPSA) is 62.7 Å². The van der Waals surface area contributed by atoms with Crippen LogP contribution in [0.25, 0.3) is 10.7 Å². The van der Waals surface area contributed by atoms with E-state index in [-0.39, 0.29) is 5.91 Å². The molecule has 2 N–H and O–H groups in total. The lowest BCUT2D eigenvalue weighted by Gasteiger charge is -2.15. The van der Waals surface area contributed by atoms with Crippen molar-refractivity contribution in [2.45, 2.75) is 26.3 Å². The van der Waals surface area contributed by atoms with Crippen LogP contribution in [-0.4, -0.2) is 20.7 Å². The van der Waals surface area contributed by atoms with Crippen LogP contribution in [0.5, 0.6) is 0 Å². The van der Waals surface area contributed by atoms with Gasteiger partial charge in [-0.25, -0.2) is 0 Å². The van der Waals surface area contributed by atoms with Gasteiger partial charge in [0.1, 0.15) is 6.04 Å². The summed E-state index contributed by atoms with van der Waals surface area (Å²) in [6.07, 6.45) is 0.925. The maximum Gasteiger partial charge on any atom is 0.247 e. The number of nitrogens with one attached hydrogen (secondary N) is 2. The first-order valence-electron chi connectivity index (χ1n) is 7.70. The monoisotopic (exact) mass is 358 g/mol. The molecular weight excluding hydrogens is 340 g/mol. The second-order valence-electron chi connectivity index (χ2n) is 5.42. The fourth-order valence-corrected chi connectivity index (χ4v) is 3.48. The Morgan fingerprint density at radius 1 is 1.42 bits per heavy atom. The summed E-state index contributed by atoms with van der Waals surface area (Å²) in [7, 11) is 0. The summed E-state index contributed by atoms with van der Waals surface area (Å²) in [4.78, 5) is 13.6. The summed E-state index contributed by atoms with van der Waals surface area (Å²) in [5.41, 5.74) is 1.97. The first-order chi connectivity index (χ1) is 11.6. The van der Waals surface area contributed by atoms with Gasteiger partial charge in [-0.2, -0.15) is 5.10 Å². The van der Waals surface area contributed by atoms with Crippen LogP contribution < -0.4 is 5.32 Å². The normalized spacial score (nSPS) is 12.1. The Kier molecular flexibility index (Phi) is 4.92. The molecule has 0 aliphatic rings. The molecule has 2 aromatic heterocycles. The molecule has 0 aliphatic carbocycles. The molecule has 0 radical (unpaired) electrons. The van der Waals surface area contributed by atoms with Crippen LogP contribution in [0.4, 0.5) is 5.69 Å². The van der Waals surface area contributed by atoms with Crippen molar-refractivity contribution < 1.29 is 4.79 Å².